The van der Waals surface area contributed by atoms with Crippen molar-refractivity contribution in [2.75, 3.05) is 0 Å². The van der Waals surface area contributed by atoms with Gasteiger partial charge in [-0.3, -0.25) is 15.0 Å². The molecule has 0 aliphatic carbocycles. The predicted octanol–water partition coefficient (Wildman–Crippen LogP) is 3.37. The third-order valence-electron chi connectivity index (χ3n) is 3.94. The normalized spacial score (nSPS) is 32.6. The van der Waals surface area contributed by atoms with Gasteiger partial charge in [0.1, 0.15) is 0 Å². The number of nitrogens with one attached hydrogen (secondary N) is 1. The third kappa shape index (κ3) is 5.36. The van der Waals surface area contributed by atoms with Gasteiger partial charge in [0.05, 0.1) is 6.10 Å². The number of hydrogen-bond donors (Lipinski definition) is 1. The van der Waals surface area contributed by atoms with Crippen molar-refractivity contribution in [3.8, 4) is 0 Å². The fourth-order valence-corrected chi connectivity index (χ4v) is 3.01. The molecule has 1 aliphatic rings. The maximum absolute atomic E-state index is 11.6. The van der Waals surface area contributed by atoms with E-state index >= 15 is 0 Å². The first-order chi connectivity index (χ1) is 11.3. The first kappa shape index (κ1) is 22.3. The smallest absolute Gasteiger partial charge is 0.303 e. The molecule has 0 aromatic carbocycles. The van der Waals surface area contributed by atoms with Crippen molar-refractivity contribution in [1.82, 2.24) is 0 Å². The molecule has 5 atom stereocenters. The zero-order chi connectivity index (χ0) is 19.6. The van der Waals surface area contributed by atoms with Gasteiger partial charge < -0.3 is 18.9 Å². The summed E-state index contributed by atoms with van der Waals surface area (Å²) in [6.45, 7) is 7.61. The van der Waals surface area contributed by atoms with Crippen molar-refractivity contribution in [3.05, 3.63) is 0 Å². The number of carbonyl (C=O) groups excluding carboxylic acids is 2. The Morgan fingerprint density at radius 3 is 2.16 bits per heavy atom. The molecule has 1 rings (SSSR count). The van der Waals surface area contributed by atoms with Crippen molar-refractivity contribution in [3.63, 3.8) is 0 Å². The van der Waals surface area contributed by atoms with Gasteiger partial charge in [0.15, 0.2) is 6.10 Å². The van der Waals surface area contributed by atoms with Crippen LogP contribution >= 0.6 is 34.8 Å². The lowest BCUT2D eigenvalue weighted by Crippen LogP contribution is -2.65. The van der Waals surface area contributed by atoms with Crippen LogP contribution in [-0.4, -0.2) is 45.7 Å². The topological polar surface area (TPSA) is 94.9 Å². The molecule has 1 saturated heterocycles. The summed E-state index contributed by atoms with van der Waals surface area (Å²) in [4.78, 5) is 23.2. The highest BCUT2D eigenvalue weighted by Gasteiger charge is 2.58. The summed E-state index contributed by atoms with van der Waals surface area (Å²) in [5, 5.41) is 7.77. The van der Waals surface area contributed by atoms with E-state index in [0.717, 1.165) is 0 Å². The fraction of sp³-hybridized carbons (Fsp3) is 0.800. The Hall–Kier alpha value is -0.760. The zero-order valence-electron chi connectivity index (χ0n) is 14.6. The van der Waals surface area contributed by atoms with E-state index in [2.05, 4.69) is 0 Å². The van der Waals surface area contributed by atoms with Crippen LogP contribution in [0.2, 0.25) is 0 Å². The highest BCUT2D eigenvalue weighted by Crippen LogP contribution is 2.41. The fourth-order valence-electron chi connectivity index (χ4n) is 2.87. The van der Waals surface area contributed by atoms with Crippen molar-refractivity contribution >= 4 is 52.6 Å². The minimum atomic E-state index is -2.12. The Kier molecular flexibility index (Phi) is 7.39. The number of halogens is 3. The van der Waals surface area contributed by atoms with E-state index < -0.39 is 39.6 Å². The van der Waals surface area contributed by atoms with Crippen molar-refractivity contribution in [2.24, 2.45) is 5.92 Å². The van der Waals surface area contributed by atoms with Gasteiger partial charge in [0.2, 0.25) is 17.8 Å². The molecule has 0 aromatic heterocycles. The second-order valence-electron chi connectivity index (χ2n) is 6.03. The highest BCUT2D eigenvalue weighted by atomic mass is 35.6. The zero-order valence-corrected chi connectivity index (χ0v) is 16.9. The summed E-state index contributed by atoms with van der Waals surface area (Å²) in [6.07, 6.45) is -2.00. The Bertz CT molecular complexity index is 538. The molecule has 0 unspecified atom stereocenters. The highest BCUT2D eigenvalue weighted by molar-refractivity contribution is 6.76. The Morgan fingerprint density at radius 2 is 1.76 bits per heavy atom. The van der Waals surface area contributed by atoms with E-state index in [0.29, 0.717) is 6.42 Å². The van der Waals surface area contributed by atoms with Crippen LogP contribution in [0.5, 0.6) is 0 Å². The molecule has 25 heavy (non-hydrogen) atoms. The van der Waals surface area contributed by atoms with Gasteiger partial charge in [0.25, 0.3) is 3.79 Å². The Balaban J connectivity index is 3.29. The summed E-state index contributed by atoms with van der Waals surface area (Å²) >= 11 is 17.0. The molecule has 7 nitrogen and oxygen atoms in total. The van der Waals surface area contributed by atoms with E-state index in [1.165, 1.54) is 20.8 Å². The maximum atomic E-state index is 11.6. The predicted molar refractivity (Wildman–Crippen MR) is 92.9 cm³/mol. The van der Waals surface area contributed by atoms with E-state index in [1.807, 2.05) is 6.92 Å². The molecule has 0 aromatic rings. The van der Waals surface area contributed by atoms with E-state index in [4.69, 9.17) is 59.2 Å². The van der Waals surface area contributed by atoms with Crippen LogP contribution in [-0.2, 0) is 28.5 Å². The molecule has 0 bridgehead atoms. The third-order valence-corrected chi connectivity index (χ3v) is 4.45. The van der Waals surface area contributed by atoms with Crippen LogP contribution in [0.3, 0.4) is 0 Å². The average Bonchev–Trinajstić information content (AvgIpc) is 2.44. The van der Waals surface area contributed by atoms with Crippen LogP contribution in [0.1, 0.15) is 41.0 Å². The standard InChI is InChI=1S/C15H22Cl3NO6/c1-6-10-7(2)11(22-8(3)20)14(5,25-9(4)21)13(23-10)24-12(19)15(16,17)18/h7,10-11,13,19H,6H2,1-5H3/t7-,10-,11+,13-,14+/m1/s1. The number of esters is 2. The summed E-state index contributed by atoms with van der Waals surface area (Å²) in [5.41, 5.74) is -1.54. The first-order valence-electron chi connectivity index (χ1n) is 7.67. The summed E-state index contributed by atoms with van der Waals surface area (Å²) in [7, 11) is 0. The minimum Gasteiger partial charge on any atom is -0.458 e. The van der Waals surface area contributed by atoms with Gasteiger partial charge in [-0.2, -0.15) is 0 Å². The molecule has 1 heterocycles. The number of ether oxygens (including phenoxy) is 4. The molecule has 0 radical (unpaired) electrons. The van der Waals surface area contributed by atoms with Gasteiger partial charge in [-0.15, -0.1) is 0 Å². The minimum absolute atomic E-state index is 0.306. The van der Waals surface area contributed by atoms with Crippen molar-refractivity contribution < 1.29 is 28.5 Å². The van der Waals surface area contributed by atoms with Gasteiger partial charge >= 0.3 is 11.9 Å². The van der Waals surface area contributed by atoms with Gasteiger partial charge in [0, 0.05) is 19.8 Å². The molecule has 1 aliphatic heterocycles. The van der Waals surface area contributed by atoms with Crippen LogP contribution < -0.4 is 0 Å². The number of carbonyl (C=O) groups is 2. The molecule has 144 valence electrons. The molecular weight excluding hydrogens is 397 g/mol. The summed E-state index contributed by atoms with van der Waals surface area (Å²) in [5.74, 6) is -2.20. The molecule has 0 spiro atoms. The van der Waals surface area contributed by atoms with E-state index in [1.54, 1.807) is 6.92 Å². The lowest BCUT2D eigenvalue weighted by molar-refractivity contribution is -0.308. The second kappa shape index (κ2) is 8.29. The second-order valence-corrected chi connectivity index (χ2v) is 8.31. The van der Waals surface area contributed by atoms with Gasteiger partial charge in [-0.05, 0) is 13.3 Å². The lowest BCUT2D eigenvalue weighted by atomic mass is 9.81. The molecule has 0 saturated carbocycles. The summed E-state index contributed by atoms with van der Waals surface area (Å²) in [6, 6.07) is 0. The van der Waals surface area contributed by atoms with E-state index in [-0.39, 0.29) is 12.0 Å². The SMILES string of the molecule is CC[C@H]1O[C@H](OC(=N)C(Cl)(Cl)Cl)[C@@](C)(OC(C)=O)[C@@H](OC(C)=O)[C@@H]1C. The number of rotatable bonds is 4. The lowest BCUT2D eigenvalue weighted by Gasteiger charge is -2.50. The molecule has 0 amide bonds. The van der Waals surface area contributed by atoms with Crippen LogP contribution in [0, 0.1) is 11.3 Å². The maximum Gasteiger partial charge on any atom is 0.303 e. The van der Waals surface area contributed by atoms with Crippen LogP contribution in [0.25, 0.3) is 0 Å². The largest absolute Gasteiger partial charge is 0.458 e. The average molecular weight is 419 g/mol. The molecular formula is C15H22Cl3NO6. The van der Waals surface area contributed by atoms with Gasteiger partial charge in [-0.25, -0.2) is 0 Å². The molecule has 1 fully saturated rings. The quantitative estimate of drug-likeness (QED) is 0.325. The summed E-state index contributed by atoms with van der Waals surface area (Å²) < 4.78 is 19.9. The van der Waals surface area contributed by atoms with Crippen LogP contribution in [0.15, 0.2) is 0 Å². The number of alkyl halides is 3. The number of hydrogen-bond acceptors (Lipinski definition) is 7. The van der Waals surface area contributed by atoms with Crippen molar-refractivity contribution in [2.45, 2.75) is 68.9 Å². The van der Waals surface area contributed by atoms with Crippen LogP contribution in [0.4, 0.5) is 0 Å². The van der Waals surface area contributed by atoms with Gasteiger partial charge in [-0.1, -0.05) is 48.7 Å². The molecule has 1 N–H and O–H groups in total. The van der Waals surface area contributed by atoms with Crippen molar-refractivity contribution in [1.29, 1.82) is 5.41 Å². The Labute approximate surface area is 161 Å². The first-order valence-corrected chi connectivity index (χ1v) is 8.81. The van der Waals surface area contributed by atoms with E-state index in [9.17, 15) is 9.59 Å². The molecule has 10 heteroatoms. The monoisotopic (exact) mass is 417 g/mol. The Morgan fingerprint density at radius 1 is 1.20 bits per heavy atom.